The Morgan fingerprint density at radius 2 is 1.67 bits per heavy atom. The molecule has 5 rings (SSSR count). The maximum absolute atomic E-state index is 13.9. The summed E-state index contributed by atoms with van der Waals surface area (Å²) in [6.45, 7) is 3.89. The lowest BCUT2D eigenvalue weighted by Crippen LogP contribution is -2.54. The van der Waals surface area contributed by atoms with E-state index in [1.807, 2.05) is 12.1 Å². The number of carbonyl (C=O) groups excluding carboxylic acids is 2. The smallest absolute Gasteiger partial charge is 0.258 e. The van der Waals surface area contributed by atoms with Gasteiger partial charge in [0.1, 0.15) is 11.6 Å². The number of aromatic hydroxyl groups is 1. The monoisotopic (exact) mass is 481 g/mol. The fourth-order valence-electron chi connectivity index (χ4n) is 4.93. The number of hydrogen-bond donors (Lipinski definition) is 1. The van der Waals surface area contributed by atoms with E-state index in [4.69, 9.17) is 23.2 Å². The van der Waals surface area contributed by atoms with E-state index in [1.165, 1.54) is 18.2 Å². The number of carbonyl (C=O) groups is 2. The van der Waals surface area contributed by atoms with Crippen molar-refractivity contribution in [2.75, 3.05) is 4.90 Å². The maximum Gasteiger partial charge on any atom is 0.258 e. The molecule has 4 nitrogen and oxygen atoms in total. The number of benzene rings is 3. The first-order valence-corrected chi connectivity index (χ1v) is 11.0. The average molecular weight is 482 g/mol. The van der Waals surface area contributed by atoms with Crippen LogP contribution in [0.4, 0.5) is 10.1 Å². The molecule has 1 fully saturated rings. The summed E-state index contributed by atoms with van der Waals surface area (Å²) in [5.74, 6) is -2.60. The molecule has 3 aromatic rings. The number of allylic oxidation sites excluding steroid dienone is 3. The fourth-order valence-corrected chi connectivity index (χ4v) is 5.77. The molecule has 2 aliphatic rings. The molecule has 1 N–H and O–H groups in total. The van der Waals surface area contributed by atoms with E-state index in [9.17, 15) is 19.1 Å². The van der Waals surface area contributed by atoms with Gasteiger partial charge in [-0.1, -0.05) is 49.1 Å². The molecule has 0 unspecified atom stereocenters. The molecule has 1 heterocycles. The van der Waals surface area contributed by atoms with E-state index < -0.39 is 33.3 Å². The van der Waals surface area contributed by atoms with E-state index >= 15 is 0 Å². The summed E-state index contributed by atoms with van der Waals surface area (Å²) >= 11 is 14.1. The van der Waals surface area contributed by atoms with Gasteiger partial charge < -0.3 is 5.11 Å². The fraction of sp³-hybridized carbons (Fsp3) is 0.154. The van der Waals surface area contributed by atoms with E-state index in [1.54, 1.807) is 30.4 Å². The number of hydrogen-bond acceptors (Lipinski definition) is 3. The van der Waals surface area contributed by atoms with Crippen molar-refractivity contribution in [1.29, 1.82) is 0 Å². The molecule has 0 aromatic heterocycles. The van der Waals surface area contributed by atoms with E-state index in [0.717, 1.165) is 17.0 Å². The van der Waals surface area contributed by atoms with Gasteiger partial charge >= 0.3 is 0 Å². The topological polar surface area (TPSA) is 57.6 Å². The second kappa shape index (κ2) is 7.44. The normalized spacial score (nSPS) is 26.9. The number of nitrogens with zero attached hydrogens (tertiary/aromatic N) is 1. The largest absolute Gasteiger partial charge is 0.507 e. The van der Waals surface area contributed by atoms with E-state index in [0.29, 0.717) is 21.9 Å². The second-order valence-corrected chi connectivity index (χ2v) is 9.44. The van der Waals surface area contributed by atoms with Crippen LogP contribution in [-0.4, -0.2) is 26.7 Å². The number of rotatable bonds is 3. The van der Waals surface area contributed by atoms with Gasteiger partial charge in [-0.25, -0.2) is 9.29 Å². The third kappa shape index (κ3) is 2.82. The highest BCUT2D eigenvalue weighted by Crippen LogP contribution is 2.60. The van der Waals surface area contributed by atoms with Crippen molar-refractivity contribution in [2.24, 2.45) is 0 Å². The number of alkyl halides is 2. The summed E-state index contributed by atoms with van der Waals surface area (Å²) in [5, 5.41) is 11.6. The number of anilines is 1. The van der Waals surface area contributed by atoms with Gasteiger partial charge in [0.15, 0.2) is 9.75 Å². The number of imide groups is 1. The first-order valence-electron chi connectivity index (χ1n) is 10.3. The number of halogens is 3. The van der Waals surface area contributed by atoms with Crippen molar-refractivity contribution in [3.63, 3.8) is 0 Å². The molecule has 1 aliphatic heterocycles. The molecule has 3 aromatic carbocycles. The summed E-state index contributed by atoms with van der Waals surface area (Å²) in [6.07, 6.45) is 3.39. The number of fused-ring (bicyclic) bond motifs is 2. The Morgan fingerprint density at radius 1 is 1.00 bits per heavy atom. The van der Waals surface area contributed by atoms with E-state index in [-0.39, 0.29) is 17.9 Å². The molecule has 7 heteroatoms. The van der Waals surface area contributed by atoms with Crippen LogP contribution < -0.4 is 4.90 Å². The average Bonchev–Trinajstić information content (AvgIpc) is 2.97. The van der Waals surface area contributed by atoms with E-state index in [2.05, 4.69) is 6.58 Å². The number of amides is 2. The third-order valence-electron chi connectivity index (χ3n) is 6.55. The molecule has 0 bridgehead atoms. The van der Waals surface area contributed by atoms with Crippen LogP contribution in [0.3, 0.4) is 0 Å². The molecular formula is C26H18Cl2FNO3. The van der Waals surface area contributed by atoms with Gasteiger partial charge in [-0.15, -0.1) is 23.2 Å². The highest BCUT2D eigenvalue weighted by molar-refractivity contribution is 6.58. The molecule has 0 radical (unpaired) electrons. The zero-order chi connectivity index (χ0) is 23.5. The summed E-state index contributed by atoms with van der Waals surface area (Å²) < 4.78 is 13.5. The minimum absolute atomic E-state index is 0.0220. The minimum atomic E-state index is -1.88. The minimum Gasteiger partial charge on any atom is -0.507 e. The van der Waals surface area contributed by atoms with Gasteiger partial charge in [0.25, 0.3) is 11.8 Å². The van der Waals surface area contributed by atoms with Crippen molar-refractivity contribution < 1.29 is 19.1 Å². The van der Waals surface area contributed by atoms with Gasteiger partial charge in [-0.05, 0) is 53.3 Å². The Labute approximate surface area is 199 Å². The second-order valence-electron chi connectivity index (χ2n) is 8.20. The molecule has 0 spiro atoms. The van der Waals surface area contributed by atoms with Gasteiger partial charge in [-0.2, -0.15) is 0 Å². The highest BCUT2D eigenvalue weighted by atomic mass is 35.5. The van der Waals surface area contributed by atoms with Crippen molar-refractivity contribution in [3.05, 3.63) is 96.3 Å². The van der Waals surface area contributed by atoms with Gasteiger partial charge in [0.2, 0.25) is 0 Å². The summed E-state index contributed by atoms with van der Waals surface area (Å²) in [6, 6.07) is 15.4. The third-order valence-corrected chi connectivity index (χ3v) is 7.96. The Morgan fingerprint density at radius 3 is 2.33 bits per heavy atom. The van der Waals surface area contributed by atoms with Gasteiger partial charge in [0.05, 0.1) is 5.69 Å². The number of phenolic OH excluding ortho intramolecular Hbond substituents is 1. The summed E-state index contributed by atoms with van der Waals surface area (Å²) in [4.78, 5) is 24.7. The van der Waals surface area contributed by atoms with Crippen LogP contribution in [-0.2, 0) is 9.59 Å². The Kier molecular flexibility index (Phi) is 4.89. The molecule has 1 aliphatic carbocycles. The number of phenols is 1. The lowest BCUT2D eigenvalue weighted by molar-refractivity contribution is -0.122. The maximum atomic E-state index is 13.9. The van der Waals surface area contributed by atoms with Crippen LogP contribution >= 0.6 is 23.2 Å². The van der Waals surface area contributed by atoms with Crippen LogP contribution in [0.2, 0.25) is 0 Å². The van der Waals surface area contributed by atoms with Gasteiger partial charge in [-0.3, -0.25) is 9.59 Å². The van der Waals surface area contributed by atoms with Crippen molar-refractivity contribution >= 4 is 51.5 Å². The zero-order valence-corrected chi connectivity index (χ0v) is 18.8. The Bertz CT molecular complexity index is 1370. The quantitative estimate of drug-likeness (QED) is 0.379. The van der Waals surface area contributed by atoms with Crippen molar-refractivity contribution in [1.82, 2.24) is 0 Å². The molecule has 166 valence electrons. The first-order chi connectivity index (χ1) is 15.7. The van der Waals surface area contributed by atoms with Crippen LogP contribution in [0, 0.1) is 5.82 Å². The highest BCUT2D eigenvalue weighted by Gasteiger charge is 2.73. The van der Waals surface area contributed by atoms with Crippen LogP contribution in [0.15, 0.2) is 85.0 Å². The summed E-state index contributed by atoms with van der Waals surface area (Å²) in [5.41, 5.74) is 1.48. The lowest BCUT2D eigenvalue weighted by atomic mass is 9.68. The van der Waals surface area contributed by atoms with Crippen molar-refractivity contribution in [3.8, 4) is 5.75 Å². The SMILES string of the molecule is C=CC1=CC[C@@]2(Cl)C(=O)N(c3ccc(F)cc3)C(=O)[C@@]2(Cl)[C@H]1c1ccc(O)c2ccccc12. The standard InChI is InChI=1S/C26H18Cl2FNO3/c1-2-15-13-14-25(27)23(32)30(17-9-7-16(29)8-10-17)24(33)26(25,28)22(15)20-11-12-21(31)19-6-4-3-5-18(19)20/h2-13,22,31H,1,14H2/t22-,25-,26+/m1/s1. The van der Waals surface area contributed by atoms with Crippen LogP contribution in [0.25, 0.3) is 10.8 Å². The Hall–Kier alpha value is -3.15. The van der Waals surface area contributed by atoms with Gasteiger partial charge in [0, 0.05) is 11.3 Å². The molecule has 2 amide bonds. The molecular weight excluding hydrogens is 464 g/mol. The van der Waals surface area contributed by atoms with Crippen molar-refractivity contribution in [2.45, 2.75) is 22.1 Å². The van der Waals surface area contributed by atoms with Crippen LogP contribution in [0.1, 0.15) is 17.9 Å². The van der Waals surface area contributed by atoms with Crippen LogP contribution in [0.5, 0.6) is 5.75 Å². The molecule has 1 saturated heterocycles. The summed E-state index contributed by atoms with van der Waals surface area (Å²) in [7, 11) is 0. The lowest BCUT2D eigenvalue weighted by Gasteiger charge is -2.42. The predicted octanol–water partition coefficient (Wildman–Crippen LogP) is 5.81. The Balaban J connectivity index is 1.77. The first kappa shape index (κ1) is 21.7. The molecule has 0 saturated carbocycles. The predicted molar refractivity (Wildman–Crippen MR) is 127 cm³/mol. The molecule has 33 heavy (non-hydrogen) atoms. The zero-order valence-electron chi connectivity index (χ0n) is 17.3. The molecule has 3 atom stereocenters.